The van der Waals surface area contributed by atoms with Crippen molar-refractivity contribution in [3.8, 4) is 0 Å². The van der Waals surface area contributed by atoms with Gasteiger partial charge in [0.1, 0.15) is 0 Å². The molecule has 0 spiro atoms. The van der Waals surface area contributed by atoms with Gasteiger partial charge < -0.3 is 5.11 Å². The molecule has 1 rings (SSSR count). The Kier molecular flexibility index (Phi) is 4.94. The zero-order chi connectivity index (χ0) is 10.2. The van der Waals surface area contributed by atoms with Crippen LogP contribution < -0.4 is 0 Å². The van der Waals surface area contributed by atoms with Gasteiger partial charge in [0.15, 0.2) is 0 Å². The molecule has 0 fully saturated rings. The minimum Gasteiger partial charge on any atom is -0.393 e. The Hall–Kier alpha value is -1.15. The van der Waals surface area contributed by atoms with Gasteiger partial charge in [0.2, 0.25) is 0 Å². The van der Waals surface area contributed by atoms with Crippen LogP contribution in [0.15, 0.2) is 37.1 Å². The van der Waals surface area contributed by atoms with Gasteiger partial charge >= 0.3 is 0 Å². The molecule has 0 aliphatic heterocycles. The van der Waals surface area contributed by atoms with Crippen molar-refractivity contribution in [1.29, 1.82) is 0 Å². The lowest BCUT2D eigenvalue weighted by atomic mass is 10.1. The Labute approximate surface area is 85.3 Å². The zero-order valence-corrected chi connectivity index (χ0v) is 8.39. The molecule has 2 heteroatoms. The molecule has 2 nitrogen and oxygen atoms in total. The molecular formula is C12H17NO. The summed E-state index contributed by atoms with van der Waals surface area (Å²) in [6, 6.07) is 5.86. The van der Waals surface area contributed by atoms with Gasteiger partial charge in [-0.15, -0.1) is 6.58 Å². The monoisotopic (exact) mass is 191 g/mol. The van der Waals surface area contributed by atoms with Crippen LogP contribution in [-0.4, -0.2) is 16.2 Å². The summed E-state index contributed by atoms with van der Waals surface area (Å²) in [4.78, 5) is 4.20. The van der Waals surface area contributed by atoms with E-state index in [1.807, 2.05) is 24.3 Å². The van der Waals surface area contributed by atoms with Crippen LogP contribution in [0.5, 0.6) is 0 Å². The minimum absolute atomic E-state index is 0.227. The molecule has 0 amide bonds. The third-order valence-electron chi connectivity index (χ3n) is 2.16. The Morgan fingerprint density at radius 3 is 2.93 bits per heavy atom. The van der Waals surface area contributed by atoms with Crippen LogP contribution in [0.1, 0.15) is 25.0 Å². The summed E-state index contributed by atoms with van der Waals surface area (Å²) >= 11 is 0. The third kappa shape index (κ3) is 4.19. The van der Waals surface area contributed by atoms with E-state index in [1.54, 1.807) is 6.20 Å². The molecule has 1 aromatic heterocycles. The summed E-state index contributed by atoms with van der Waals surface area (Å²) in [7, 11) is 0. The molecule has 1 N–H and O–H groups in total. The number of pyridine rings is 1. The molecule has 1 aromatic rings. The van der Waals surface area contributed by atoms with Gasteiger partial charge in [0.05, 0.1) is 6.10 Å². The standard InChI is InChI=1S/C12H17NO/c1-2-3-7-12(14)9-8-11-6-4-5-10-13-11/h2,4-6,10,12,14H,1,3,7-9H2. The lowest BCUT2D eigenvalue weighted by Crippen LogP contribution is -2.07. The molecule has 1 heterocycles. The largest absolute Gasteiger partial charge is 0.393 e. The van der Waals surface area contributed by atoms with E-state index >= 15 is 0 Å². The average Bonchev–Trinajstić information content (AvgIpc) is 2.25. The van der Waals surface area contributed by atoms with Crippen molar-refractivity contribution in [3.63, 3.8) is 0 Å². The third-order valence-corrected chi connectivity index (χ3v) is 2.16. The maximum atomic E-state index is 9.57. The molecule has 0 aliphatic carbocycles. The number of nitrogens with zero attached hydrogens (tertiary/aromatic N) is 1. The number of aliphatic hydroxyl groups excluding tert-OH is 1. The van der Waals surface area contributed by atoms with E-state index in [0.29, 0.717) is 0 Å². The fourth-order valence-electron chi connectivity index (χ4n) is 1.32. The van der Waals surface area contributed by atoms with Gasteiger partial charge in [0, 0.05) is 11.9 Å². The number of aromatic nitrogens is 1. The van der Waals surface area contributed by atoms with Crippen LogP contribution in [-0.2, 0) is 6.42 Å². The summed E-state index contributed by atoms with van der Waals surface area (Å²) in [5, 5.41) is 9.57. The molecule has 0 saturated carbocycles. The maximum Gasteiger partial charge on any atom is 0.0547 e. The fourth-order valence-corrected chi connectivity index (χ4v) is 1.32. The summed E-state index contributed by atoms with van der Waals surface area (Å²) in [5.74, 6) is 0. The SMILES string of the molecule is C=CCCC(O)CCc1ccccn1. The Morgan fingerprint density at radius 2 is 2.29 bits per heavy atom. The van der Waals surface area contributed by atoms with Crippen molar-refractivity contribution in [2.75, 3.05) is 0 Å². The topological polar surface area (TPSA) is 33.1 Å². The van der Waals surface area contributed by atoms with Gasteiger partial charge in [-0.2, -0.15) is 0 Å². The van der Waals surface area contributed by atoms with Gasteiger partial charge in [-0.05, 0) is 37.8 Å². The van der Waals surface area contributed by atoms with E-state index in [0.717, 1.165) is 31.4 Å². The normalized spacial score (nSPS) is 12.4. The van der Waals surface area contributed by atoms with E-state index in [9.17, 15) is 5.11 Å². The molecule has 0 aromatic carbocycles. The molecule has 76 valence electrons. The number of hydrogen-bond acceptors (Lipinski definition) is 2. The molecule has 0 radical (unpaired) electrons. The van der Waals surface area contributed by atoms with Crippen LogP contribution >= 0.6 is 0 Å². The number of rotatable bonds is 6. The van der Waals surface area contributed by atoms with E-state index in [4.69, 9.17) is 0 Å². The molecule has 0 bridgehead atoms. The van der Waals surface area contributed by atoms with Crippen molar-refractivity contribution in [2.45, 2.75) is 31.8 Å². The Morgan fingerprint density at radius 1 is 1.43 bits per heavy atom. The predicted octanol–water partition coefficient (Wildman–Crippen LogP) is 2.34. The maximum absolute atomic E-state index is 9.57. The van der Waals surface area contributed by atoms with Crippen molar-refractivity contribution >= 4 is 0 Å². The smallest absolute Gasteiger partial charge is 0.0547 e. The minimum atomic E-state index is -0.227. The van der Waals surface area contributed by atoms with Crippen LogP contribution in [0.4, 0.5) is 0 Å². The second kappa shape index (κ2) is 6.33. The average molecular weight is 191 g/mol. The van der Waals surface area contributed by atoms with Gasteiger partial charge in [-0.1, -0.05) is 12.1 Å². The molecule has 1 unspecified atom stereocenters. The van der Waals surface area contributed by atoms with Gasteiger partial charge in [-0.3, -0.25) is 4.98 Å². The molecule has 14 heavy (non-hydrogen) atoms. The van der Waals surface area contributed by atoms with Crippen molar-refractivity contribution in [3.05, 3.63) is 42.7 Å². The van der Waals surface area contributed by atoms with E-state index in [2.05, 4.69) is 11.6 Å². The molecule has 0 aliphatic rings. The molecule has 0 saturated heterocycles. The summed E-state index contributed by atoms with van der Waals surface area (Å²) < 4.78 is 0. The van der Waals surface area contributed by atoms with Crippen LogP contribution in [0.25, 0.3) is 0 Å². The van der Waals surface area contributed by atoms with Crippen molar-refractivity contribution in [2.24, 2.45) is 0 Å². The summed E-state index contributed by atoms with van der Waals surface area (Å²) in [6.07, 6.45) is 6.70. The van der Waals surface area contributed by atoms with Gasteiger partial charge in [-0.25, -0.2) is 0 Å². The molecular weight excluding hydrogens is 174 g/mol. The first-order valence-electron chi connectivity index (χ1n) is 5.02. The lowest BCUT2D eigenvalue weighted by Gasteiger charge is -2.07. The Bertz CT molecular complexity index is 258. The number of hydrogen-bond donors (Lipinski definition) is 1. The van der Waals surface area contributed by atoms with E-state index in [1.165, 1.54) is 0 Å². The Balaban J connectivity index is 2.23. The number of aryl methyl sites for hydroxylation is 1. The quantitative estimate of drug-likeness (QED) is 0.700. The highest BCUT2D eigenvalue weighted by atomic mass is 16.3. The van der Waals surface area contributed by atoms with E-state index in [-0.39, 0.29) is 6.10 Å². The first kappa shape index (κ1) is 10.9. The first-order chi connectivity index (χ1) is 6.83. The highest BCUT2D eigenvalue weighted by Crippen LogP contribution is 2.06. The van der Waals surface area contributed by atoms with E-state index < -0.39 is 0 Å². The lowest BCUT2D eigenvalue weighted by molar-refractivity contribution is 0.156. The number of allylic oxidation sites excluding steroid dienone is 1. The van der Waals surface area contributed by atoms with Crippen LogP contribution in [0.3, 0.4) is 0 Å². The second-order valence-corrected chi connectivity index (χ2v) is 3.38. The van der Waals surface area contributed by atoms with Crippen LogP contribution in [0.2, 0.25) is 0 Å². The van der Waals surface area contributed by atoms with Gasteiger partial charge in [0.25, 0.3) is 0 Å². The van der Waals surface area contributed by atoms with Crippen molar-refractivity contribution < 1.29 is 5.11 Å². The summed E-state index contributed by atoms with van der Waals surface area (Å²) in [5.41, 5.74) is 1.05. The van der Waals surface area contributed by atoms with Crippen LogP contribution in [0, 0.1) is 0 Å². The highest BCUT2D eigenvalue weighted by molar-refractivity contribution is 5.03. The molecule has 1 atom stereocenters. The highest BCUT2D eigenvalue weighted by Gasteiger charge is 2.03. The fraction of sp³-hybridized carbons (Fsp3) is 0.417. The zero-order valence-electron chi connectivity index (χ0n) is 8.39. The second-order valence-electron chi connectivity index (χ2n) is 3.38. The van der Waals surface area contributed by atoms with Crippen molar-refractivity contribution in [1.82, 2.24) is 4.98 Å². The number of aliphatic hydroxyl groups is 1. The first-order valence-corrected chi connectivity index (χ1v) is 5.02. The summed E-state index contributed by atoms with van der Waals surface area (Å²) in [6.45, 7) is 3.63. The predicted molar refractivity (Wildman–Crippen MR) is 58.0 cm³/mol.